The Morgan fingerprint density at radius 2 is 1.41 bits per heavy atom. The molecule has 0 aromatic heterocycles. The minimum absolute atomic E-state index is 0.0420. The van der Waals surface area contributed by atoms with Gasteiger partial charge in [-0.2, -0.15) is 0 Å². The topological polar surface area (TPSA) is 86.8 Å². The lowest BCUT2D eigenvalue weighted by Gasteiger charge is -2.34. The third kappa shape index (κ3) is 7.34. The fourth-order valence-corrected chi connectivity index (χ4v) is 6.11. The molecule has 0 saturated heterocycles. The van der Waals surface area contributed by atoms with Gasteiger partial charge in [0.05, 0.1) is 10.6 Å². The molecular formula is C32H32ClN3O4S. The molecule has 7 nitrogen and oxygen atoms in total. The van der Waals surface area contributed by atoms with Gasteiger partial charge < -0.3 is 10.2 Å². The SMILES string of the molecule is CNC(=O)C(Cc1ccccc1)N(Cc1ccccc1C)C(=O)CN(c1ccc(Cl)cc1)S(=O)(=O)c1ccccc1. The Balaban J connectivity index is 1.78. The van der Waals surface area contributed by atoms with E-state index in [-0.39, 0.29) is 29.5 Å². The standard InChI is InChI=1S/C32H32ClN3O4S/c1-24-11-9-10-14-26(24)22-35(30(32(38)34-2)21-25-12-5-3-6-13-25)31(37)23-36(28-19-17-27(33)18-20-28)41(39,40)29-15-7-4-8-16-29/h3-20,30H,21-23H2,1-2H3,(H,34,38). The number of nitrogens with zero attached hydrogens (tertiary/aromatic N) is 2. The number of halogens is 1. The molecule has 212 valence electrons. The number of carbonyl (C=O) groups is 2. The highest BCUT2D eigenvalue weighted by Gasteiger charge is 2.34. The molecule has 2 amide bonds. The van der Waals surface area contributed by atoms with Crippen molar-refractivity contribution in [3.8, 4) is 0 Å². The third-order valence-corrected chi connectivity index (χ3v) is 8.88. The van der Waals surface area contributed by atoms with E-state index in [0.29, 0.717) is 5.02 Å². The van der Waals surface area contributed by atoms with Crippen molar-refractivity contribution in [1.29, 1.82) is 0 Å². The zero-order valence-corrected chi connectivity index (χ0v) is 24.5. The lowest BCUT2D eigenvalue weighted by molar-refractivity contribution is -0.139. The van der Waals surface area contributed by atoms with Crippen LogP contribution in [0.3, 0.4) is 0 Å². The summed E-state index contributed by atoms with van der Waals surface area (Å²) >= 11 is 6.09. The van der Waals surface area contributed by atoms with Crippen molar-refractivity contribution in [1.82, 2.24) is 10.2 Å². The van der Waals surface area contributed by atoms with E-state index in [1.165, 1.54) is 24.1 Å². The fourth-order valence-electron chi connectivity index (χ4n) is 4.55. The predicted octanol–water partition coefficient (Wildman–Crippen LogP) is 5.23. The second kappa shape index (κ2) is 13.5. The molecule has 0 spiro atoms. The minimum atomic E-state index is -4.14. The van der Waals surface area contributed by atoms with Crippen molar-refractivity contribution < 1.29 is 18.0 Å². The van der Waals surface area contributed by atoms with Crippen LogP contribution in [0.5, 0.6) is 0 Å². The van der Waals surface area contributed by atoms with Gasteiger partial charge in [0.15, 0.2) is 0 Å². The van der Waals surface area contributed by atoms with Gasteiger partial charge in [-0.25, -0.2) is 8.42 Å². The fraction of sp³-hybridized carbons (Fsp3) is 0.188. The summed E-state index contributed by atoms with van der Waals surface area (Å²) < 4.78 is 28.8. The first-order valence-electron chi connectivity index (χ1n) is 13.1. The molecule has 0 heterocycles. The molecule has 4 rings (SSSR count). The van der Waals surface area contributed by atoms with Crippen molar-refractivity contribution in [2.24, 2.45) is 0 Å². The summed E-state index contributed by atoms with van der Waals surface area (Å²) in [6.07, 6.45) is 0.254. The zero-order valence-electron chi connectivity index (χ0n) is 22.9. The van der Waals surface area contributed by atoms with Gasteiger partial charge in [0.2, 0.25) is 11.8 Å². The monoisotopic (exact) mass is 589 g/mol. The maximum atomic E-state index is 14.3. The van der Waals surface area contributed by atoms with E-state index >= 15 is 0 Å². The van der Waals surface area contributed by atoms with Crippen molar-refractivity contribution in [3.05, 3.63) is 131 Å². The number of aryl methyl sites for hydroxylation is 1. The highest BCUT2D eigenvalue weighted by atomic mass is 35.5. The molecule has 1 N–H and O–H groups in total. The van der Waals surface area contributed by atoms with Crippen molar-refractivity contribution in [2.75, 3.05) is 17.9 Å². The maximum absolute atomic E-state index is 14.3. The van der Waals surface area contributed by atoms with Gasteiger partial charge in [-0.05, 0) is 60.0 Å². The lowest BCUT2D eigenvalue weighted by Crippen LogP contribution is -2.53. The Labute approximate surface area is 246 Å². The van der Waals surface area contributed by atoms with E-state index in [1.807, 2.05) is 61.5 Å². The molecule has 9 heteroatoms. The van der Waals surface area contributed by atoms with Crippen molar-refractivity contribution in [2.45, 2.75) is 30.8 Å². The Hall–Kier alpha value is -4.14. The molecule has 4 aromatic rings. The highest BCUT2D eigenvalue weighted by molar-refractivity contribution is 7.92. The second-order valence-electron chi connectivity index (χ2n) is 9.57. The van der Waals surface area contributed by atoms with Crippen LogP contribution in [0.2, 0.25) is 5.02 Å². The molecule has 0 aliphatic rings. The highest BCUT2D eigenvalue weighted by Crippen LogP contribution is 2.26. The number of benzene rings is 4. The number of sulfonamides is 1. The van der Waals surface area contributed by atoms with Gasteiger partial charge in [0.25, 0.3) is 10.0 Å². The molecular weight excluding hydrogens is 558 g/mol. The Morgan fingerprint density at radius 1 is 0.829 bits per heavy atom. The first kappa shape index (κ1) is 29.8. The number of anilines is 1. The summed E-state index contributed by atoms with van der Waals surface area (Å²) in [6, 6.07) is 30.3. The number of hydrogen-bond donors (Lipinski definition) is 1. The summed E-state index contributed by atoms with van der Waals surface area (Å²) in [7, 11) is -2.62. The molecule has 0 radical (unpaired) electrons. The Morgan fingerprint density at radius 3 is 2.02 bits per heavy atom. The van der Waals surface area contributed by atoms with Crippen molar-refractivity contribution >= 4 is 39.1 Å². The Bertz CT molecular complexity index is 1580. The summed E-state index contributed by atoms with van der Waals surface area (Å²) in [4.78, 5) is 29.1. The van der Waals surface area contributed by atoms with E-state index in [9.17, 15) is 18.0 Å². The molecule has 1 atom stereocenters. The van der Waals surface area contributed by atoms with Gasteiger partial charge in [0, 0.05) is 25.0 Å². The van der Waals surface area contributed by atoms with E-state index in [2.05, 4.69) is 5.32 Å². The maximum Gasteiger partial charge on any atom is 0.264 e. The molecule has 0 aliphatic carbocycles. The molecule has 41 heavy (non-hydrogen) atoms. The number of nitrogens with one attached hydrogen (secondary N) is 1. The summed E-state index contributed by atoms with van der Waals surface area (Å²) in [6.45, 7) is 1.53. The van der Waals surface area contributed by atoms with E-state index < -0.39 is 28.5 Å². The van der Waals surface area contributed by atoms with Crippen LogP contribution in [0.1, 0.15) is 16.7 Å². The van der Waals surface area contributed by atoms with Gasteiger partial charge >= 0.3 is 0 Å². The quantitative estimate of drug-likeness (QED) is 0.260. The van der Waals surface area contributed by atoms with Crippen LogP contribution >= 0.6 is 11.6 Å². The second-order valence-corrected chi connectivity index (χ2v) is 11.9. The largest absolute Gasteiger partial charge is 0.357 e. The predicted molar refractivity (Wildman–Crippen MR) is 162 cm³/mol. The third-order valence-electron chi connectivity index (χ3n) is 6.84. The summed E-state index contributed by atoms with van der Waals surface area (Å²) in [5.41, 5.74) is 2.95. The van der Waals surface area contributed by atoms with Crippen LogP contribution in [0.4, 0.5) is 5.69 Å². The molecule has 0 fully saturated rings. The average molecular weight is 590 g/mol. The van der Waals surface area contributed by atoms with Gasteiger partial charge in [-0.15, -0.1) is 0 Å². The number of amides is 2. The molecule has 4 aromatic carbocycles. The van der Waals surface area contributed by atoms with E-state index in [0.717, 1.165) is 21.0 Å². The van der Waals surface area contributed by atoms with Crippen molar-refractivity contribution in [3.63, 3.8) is 0 Å². The number of likely N-dealkylation sites (N-methyl/N-ethyl adjacent to an activating group) is 1. The van der Waals surface area contributed by atoms with Crippen LogP contribution in [0.25, 0.3) is 0 Å². The van der Waals surface area contributed by atoms with Crippen LogP contribution in [-0.2, 0) is 32.6 Å². The van der Waals surface area contributed by atoms with Crippen LogP contribution < -0.4 is 9.62 Å². The lowest BCUT2D eigenvalue weighted by atomic mass is 10.0. The summed E-state index contributed by atoms with van der Waals surface area (Å²) in [5, 5.41) is 3.12. The minimum Gasteiger partial charge on any atom is -0.357 e. The Kier molecular flexibility index (Phi) is 9.81. The summed E-state index contributed by atoms with van der Waals surface area (Å²) in [5.74, 6) is -0.869. The molecule has 1 unspecified atom stereocenters. The van der Waals surface area contributed by atoms with Gasteiger partial charge in [-0.3, -0.25) is 13.9 Å². The van der Waals surface area contributed by atoms with Crippen LogP contribution in [0.15, 0.2) is 114 Å². The normalized spacial score (nSPS) is 11.9. The van der Waals surface area contributed by atoms with E-state index in [1.54, 1.807) is 42.5 Å². The first-order valence-corrected chi connectivity index (χ1v) is 15.0. The molecule has 0 aliphatic heterocycles. The number of rotatable bonds is 11. The molecule has 0 bridgehead atoms. The van der Waals surface area contributed by atoms with Gasteiger partial charge in [-0.1, -0.05) is 84.4 Å². The average Bonchev–Trinajstić information content (AvgIpc) is 2.99. The number of hydrogen-bond acceptors (Lipinski definition) is 4. The van der Waals surface area contributed by atoms with Gasteiger partial charge in [0.1, 0.15) is 12.6 Å². The molecule has 0 saturated carbocycles. The van der Waals surface area contributed by atoms with Crippen LogP contribution in [-0.4, -0.2) is 44.8 Å². The smallest absolute Gasteiger partial charge is 0.264 e. The van der Waals surface area contributed by atoms with E-state index in [4.69, 9.17) is 11.6 Å². The zero-order chi connectivity index (χ0) is 29.4. The first-order chi connectivity index (χ1) is 19.7. The van der Waals surface area contributed by atoms with Crippen LogP contribution in [0, 0.1) is 6.92 Å². The number of carbonyl (C=O) groups excluding carboxylic acids is 2.